The van der Waals surface area contributed by atoms with Gasteiger partial charge in [0.1, 0.15) is 11.5 Å². The summed E-state index contributed by atoms with van der Waals surface area (Å²) in [6, 6.07) is 5.47. The van der Waals surface area contributed by atoms with Crippen molar-refractivity contribution in [2.24, 2.45) is 0 Å². The van der Waals surface area contributed by atoms with Crippen LogP contribution in [0.25, 0.3) is 6.08 Å². The largest absolute Gasteiger partial charge is 0.493 e. The van der Waals surface area contributed by atoms with Gasteiger partial charge in [-0.1, -0.05) is 26.2 Å². The van der Waals surface area contributed by atoms with Crippen LogP contribution in [-0.2, 0) is 0 Å². The minimum atomic E-state index is -0.992. The number of carbonyl (C=O) groups excluding carboxylic acids is 1. The number of hydrogen-bond donors (Lipinski definition) is 1. The lowest BCUT2D eigenvalue weighted by Crippen LogP contribution is -2.12. The van der Waals surface area contributed by atoms with Crippen molar-refractivity contribution >= 4 is 17.8 Å². The van der Waals surface area contributed by atoms with E-state index < -0.39 is 5.97 Å². The number of ether oxygens (including phenoxy) is 2. The fourth-order valence-electron chi connectivity index (χ4n) is 4.13. The predicted octanol–water partition coefficient (Wildman–Crippen LogP) is 7.26. The van der Waals surface area contributed by atoms with Crippen molar-refractivity contribution in [3.8, 4) is 11.5 Å². The van der Waals surface area contributed by atoms with Gasteiger partial charge in [-0.05, 0) is 95.0 Å². The Labute approximate surface area is 203 Å². The fourth-order valence-corrected chi connectivity index (χ4v) is 4.13. The molecule has 0 unspecified atom stereocenters. The average molecular weight is 467 g/mol. The lowest BCUT2D eigenvalue weighted by molar-refractivity contribution is 0.0694. The highest BCUT2D eigenvalue weighted by Crippen LogP contribution is 2.32. The van der Waals surface area contributed by atoms with Gasteiger partial charge in [-0.2, -0.15) is 0 Å². The van der Waals surface area contributed by atoms with E-state index in [9.17, 15) is 14.7 Å². The Morgan fingerprint density at radius 1 is 0.941 bits per heavy atom. The summed E-state index contributed by atoms with van der Waals surface area (Å²) in [6.45, 7) is 14.0. The van der Waals surface area contributed by atoms with Crippen LogP contribution in [0.3, 0.4) is 0 Å². The van der Waals surface area contributed by atoms with Crippen molar-refractivity contribution < 1.29 is 24.2 Å². The number of aromatic carboxylic acids is 1. The molecule has 1 N–H and O–H groups in total. The third kappa shape index (κ3) is 6.96. The Hall–Kier alpha value is -3.08. The number of carboxylic acids is 1. The molecule has 0 aliphatic rings. The molecule has 0 saturated carbocycles. The highest BCUT2D eigenvalue weighted by atomic mass is 16.5. The molecule has 5 nitrogen and oxygen atoms in total. The first-order valence-electron chi connectivity index (χ1n) is 12.1. The van der Waals surface area contributed by atoms with Gasteiger partial charge in [-0.3, -0.25) is 4.79 Å². The number of benzene rings is 2. The Kier molecular flexibility index (Phi) is 9.91. The van der Waals surface area contributed by atoms with Crippen LogP contribution in [0.15, 0.2) is 24.3 Å². The number of carbonyl (C=O) groups is 2. The van der Waals surface area contributed by atoms with Crippen LogP contribution in [0.4, 0.5) is 0 Å². The normalized spacial score (nSPS) is 11.3. The molecule has 0 saturated heterocycles. The number of hydrogen-bond acceptors (Lipinski definition) is 4. The molecule has 34 heavy (non-hydrogen) atoms. The van der Waals surface area contributed by atoms with Crippen LogP contribution in [0.5, 0.6) is 11.5 Å². The van der Waals surface area contributed by atoms with Crippen LogP contribution < -0.4 is 9.47 Å². The highest BCUT2D eigenvalue weighted by molar-refractivity contribution is 6.07. The summed E-state index contributed by atoms with van der Waals surface area (Å²) in [6.07, 6.45) is 7.67. The Morgan fingerprint density at radius 2 is 1.59 bits per heavy atom. The van der Waals surface area contributed by atoms with Crippen molar-refractivity contribution in [2.45, 2.75) is 80.3 Å². The summed E-state index contributed by atoms with van der Waals surface area (Å²) in [4.78, 5) is 24.7. The molecule has 0 fully saturated rings. The molecule has 184 valence electrons. The number of rotatable bonds is 12. The Bertz CT molecular complexity index is 1040. The summed E-state index contributed by atoms with van der Waals surface area (Å²) in [5.41, 5.74) is 4.56. The van der Waals surface area contributed by atoms with E-state index in [2.05, 4.69) is 6.92 Å². The molecule has 2 aromatic carbocycles. The molecule has 2 aromatic rings. The third-order valence-corrected chi connectivity index (χ3v) is 5.71. The monoisotopic (exact) mass is 466 g/mol. The van der Waals surface area contributed by atoms with Gasteiger partial charge in [-0.25, -0.2) is 4.79 Å². The molecule has 0 aromatic heterocycles. The van der Waals surface area contributed by atoms with Gasteiger partial charge in [0, 0.05) is 16.7 Å². The van der Waals surface area contributed by atoms with Gasteiger partial charge in [0.15, 0.2) is 5.78 Å². The molecule has 0 atom stereocenters. The minimum absolute atomic E-state index is 0.131. The van der Waals surface area contributed by atoms with Crippen molar-refractivity contribution in [1.82, 2.24) is 0 Å². The van der Waals surface area contributed by atoms with E-state index in [-0.39, 0.29) is 17.5 Å². The van der Waals surface area contributed by atoms with Crippen LogP contribution in [0, 0.1) is 27.7 Å². The zero-order valence-electron chi connectivity index (χ0n) is 21.6. The van der Waals surface area contributed by atoms with Crippen molar-refractivity contribution in [3.05, 3.63) is 63.2 Å². The van der Waals surface area contributed by atoms with E-state index in [1.807, 2.05) is 39.8 Å². The van der Waals surface area contributed by atoms with Gasteiger partial charge in [0.2, 0.25) is 0 Å². The summed E-state index contributed by atoms with van der Waals surface area (Å²) in [5.74, 6) is 0.212. The number of carboxylic acid groups (broad SMARTS) is 1. The molecule has 0 aliphatic heterocycles. The van der Waals surface area contributed by atoms with Crippen molar-refractivity contribution in [3.63, 3.8) is 0 Å². The smallest absolute Gasteiger partial charge is 0.336 e. The molecule has 0 heterocycles. The van der Waals surface area contributed by atoms with Crippen LogP contribution >= 0.6 is 0 Å². The van der Waals surface area contributed by atoms with E-state index >= 15 is 0 Å². The van der Waals surface area contributed by atoms with E-state index in [4.69, 9.17) is 9.47 Å². The molecule has 0 bridgehead atoms. The first-order valence-corrected chi connectivity index (χ1v) is 12.1. The van der Waals surface area contributed by atoms with E-state index in [1.54, 1.807) is 26.0 Å². The summed E-state index contributed by atoms with van der Waals surface area (Å²) >= 11 is 0. The van der Waals surface area contributed by atoms with Gasteiger partial charge < -0.3 is 14.6 Å². The maximum atomic E-state index is 13.0. The number of unbranched alkanes of at least 4 members (excludes halogenated alkanes) is 3. The number of aryl methyl sites for hydroxylation is 3. The molecule has 0 spiro atoms. The average Bonchev–Trinajstić information content (AvgIpc) is 2.75. The fraction of sp³-hybridized carbons (Fsp3) is 0.448. The predicted molar refractivity (Wildman–Crippen MR) is 138 cm³/mol. The molecule has 2 rings (SSSR count). The molecular weight excluding hydrogens is 428 g/mol. The zero-order valence-corrected chi connectivity index (χ0v) is 21.6. The molecule has 0 radical (unpaired) electrons. The van der Waals surface area contributed by atoms with Crippen molar-refractivity contribution in [1.29, 1.82) is 0 Å². The van der Waals surface area contributed by atoms with Crippen LogP contribution in [0.2, 0.25) is 0 Å². The Morgan fingerprint density at radius 3 is 2.15 bits per heavy atom. The maximum absolute atomic E-state index is 13.0. The van der Waals surface area contributed by atoms with Crippen LogP contribution in [-0.4, -0.2) is 29.6 Å². The van der Waals surface area contributed by atoms with E-state index in [1.165, 1.54) is 18.9 Å². The molecule has 0 aliphatic carbocycles. The maximum Gasteiger partial charge on any atom is 0.336 e. The lowest BCUT2D eigenvalue weighted by atomic mass is 9.96. The second-order valence-electron chi connectivity index (χ2n) is 9.13. The standard InChI is InChI=1S/C29H38O5/c1-8-9-10-11-14-33-27-20(5)16-24(17-21(27)6)25(30)13-12-23-15-19(4)26(29(31)32)22(7)28(23)34-18(2)3/h12-13,15-18H,8-11,14H2,1-7H3,(H,31,32). The Balaban J connectivity index is 2.29. The summed E-state index contributed by atoms with van der Waals surface area (Å²) in [7, 11) is 0. The molecular formula is C29H38O5. The highest BCUT2D eigenvalue weighted by Gasteiger charge is 2.19. The second kappa shape index (κ2) is 12.4. The zero-order chi connectivity index (χ0) is 25.4. The van der Waals surface area contributed by atoms with Gasteiger partial charge >= 0.3 is 5.97 Å². The SMILES string of the molecule is CCCCCCOc1c(C)cc(C(=O)C=Cc2cc(C)c(C(=O)O)c(C)c2OC(C)C)cc1C. The molecule has 5 heteroatoms. The third-order valence-electron chi connectivity index (χ3n) is 5.71. The quantitative estimate of drug-likeness (QED) is 0.202. The molecule has 0 amide bonds. The van der Waals surface area contributed by atoms with Gasteiger partial charge in [0.05, 0.1) is 18.3 Å². The van der Waals surface area contributed by atoms with Gasteiger partial charge in [0.25, 0.3) is 0 Å². The minimum Gasteiger partial charge on any atom is -0.493 e. The van der Waals surface area contributed by atoms with Crippen molar-refractivity contribution in [2.75, 3.05) is 6.61 Å². The van der Waals surface area contributed by atoms with Gasteiger partial charge in [-0.15, -0.1) is 0 Å². The summed E-state index contributed by atoms with van der Waals surface area (Å²) in [5, 5.41) is 9.59. The first kappa shape index (κ1) is 27.2. The van der Waals surface area contributed by atoms with E-state index in [0.717, 1.165) is 29.7 Å². The van der Waals surface area contributed by atoms with E-state index in [0.29, 0.717) is 34.6 Å². The number of allylic oxidation sites excluding steroid dienone is 1. The second-order valence-corrected chi connectivity index (χ2v) is 9.13. The number of ketones is 1. The lowest BCUT2D eigenvalue weighted by Gasteiger charge is -2.18. The topological polar surface area (TPSA) is 72.8 Å². The van der Waals surface area contributed by atoms with Crippen LogP contribution in [0.1, 0.15) is 95.0 Å². The first-order chi connectivity index (χ1) is 16.1. The summed E-state index contributed by atoms with van der Waals surface area (Å²) < 4.78 is 11.9.